The quantitative estimate of drug-likeness (QED) is 0.778. The van der Waals surface area contributed by atoms with Crippen LogP contribution in [-0.4, -0.2) is 28.9 Å². The Balaban J connectivity index is 0.000000191. The minimum atomic E-state index is 0.231. The fraction of sp³-hybridized carbons (Fsp3) is 0.533. The van der Waals surface area contributed by atoms with Gasteiger partial charge >= 0.3 is 0 Å². The average molecular weight is 259 g/mol. The summed E-state index contributed by atoms with van der Waals surface area (Å²) in [6.07, 6.45) is 6.20. The number of carbonyl (C=O) groups is 1. The Morgan fingerprint density at radius 1 is 1.37 bits per heavy atom. The molecule has 0 aromatic carbocycles. The predicted molar refractivity (Wildman–Crippen MR) is 74.4 cm³/mol. The minimum absolute atomic E-state index is 0.231. The standard InChI is InChI=1S/C8H8N2.C7H13NO/c1-2-8-4-3-7(5-9)6-10-8;1-7(9)8-5-3-2-4-6-8/h3-4,6H,2H2,1H3;2-6H2,1H3. The molecule has 2 heterocycles. The summed E-state index contributed by atoms with van der Waals surface area (Å²) in [5.41, 5.74) is 1.65. The van der Waals surface area contributed by atoms with Crippen molar-refractivity contribution in [2.45, 2.75) is 39.5 Å². The van der Waals surface area contributed by atoms with Crippen LogP contribution in [0.2, 0.25) is 0 Å². The zero-order valence-corrected chi connectivity index (χ0v) is 11.7. The molecule has 1 amide bonds. The summed E-state index contributed by atoms with van der Waals surface area (Å²) in [5.74, 6) is 0.231. The van der Waals surface area contributed by atoms with Crippen LogP contribution >= 0.6 is 0 Å². The van der Waals surface area contributed by atoms with Gasteiger partial charge in [-0.1, -0.05) is 6.92 Å². The van der Waals surface area contributed by atoms with Gasteiger partial charge < -0.3 is 4.90 Å². The van der Waals surface area contributed by atoms with Gasteiger partial charge in [-0.15, -0.1) is 0 Å². The first kappa shape index (κ1) is 15.2. The van der Waals surface area contributed by atoms with E-state index in [2.05, 4.69) is 4.98 Å². The molecule has 0 unspecified atom stereocenters. The van der Waals surface area contributed by atoms with E-state index in [1.54, 1.807) is 19.2 Å². The zero-order valence-electron chi connectivity index (χ0n) is 11.7. The van der Waals surface area contributed by atoms with Gasteiger partial charge in [-0.05, 0) is 37.8 Å². The molecular weight excluding hydrogens is 238 g/mol. The molecule has 4 heteroatoms. The van der Waals surface area contributed by atoms with Crippen LogP contribution in [0.25, 0.3) is 0 Å². The second-order valence-corrected chi connectivity index (χ2v) is 4.57. The van der Waals surface area contributed by atoms with Crippen LogP contribution in [0.3, 0.4) is 0 Å². The van der Waals surface area contributed by atoms with E-state index >= 15 is 0 Å². The lowest BCUT2D eigenvalue weighted by Gasteiger charge is -2.24. The lowest BCUT2D eigenvalue weighted by atomic mass is 10.1. The van der Waals surface area contributed by atoms with E-state index in [1.165, 1.54) is 19.3 Å². The largest absolute Gasteiger partial charge is 0.343 e. The van der Waals surface area contributed by atoms with E-state index in [4.69, 9.17) is 5.26 Å². The van der Waals surface area contributed by atoms with E-state index in [0.29, 0.717) is 5.56 Å². The lowest BCUT2D eigenvalue weighted by Crippen LogP contribution is -2.33. The summed E-state index contributed by atoms with van der Waals surface area (Å²) in [7, 11) is 0. The number of aryl methyl sites for hydroxylation is 1. The normalized spacial score (nSPS) is 14.1. The molecular formula is C15H21N3O. The Morgan fingerprint density at radius 2 is 2.05 bits per heavy atom. The summed E-state index contributed by atoms with van der Waals surface area (Å²) in [4.78, 5) is 16.7. The minimum Gasteiger partial charge on any atom is -0.343 e. The highest BCUT2D eigenvalue weighted by Gasteiger charge is 2.10. The smallest absolute Gasteiger partial charge is 0.219 e. The van der Waals surface area contributed by atoms with Crippen LogP contribution in [0.15, 0.2) is 18.3 Å². The van der Waals surface area contributed by atoms with Crippen molar-refractivity contribution in [3.05, 3.63) is 29.6 Å². The topological polar surface area (TPSA) is 57.0 Å². The van der Waals surface area contributed by atoms with Crippen LogP contribution in [0.1, 0.15) is 44.4 Å². The highest BCUT2D eigenvalue weighted by Crippen LogP contribution is 2.07. The van der Waals surface area contributed by atoms with Crippen molar-refractivity contribution in [3.63, 3.8) is 0 Å². The highest BCUT2D eigenvalue weighted by atomic mass is 16.2. The number of likely N-dealkylation sites (tertiary alicyclic amines) is 1. The van der Waals surface area contributed by atoms with Crippen LogP contribution in [0.5, 0.6) is 0 Å². The molecule has 0 bridgehead atoms. The molecule has 4 nitrogen and oxygen atoms in total. The average Bonchev–Trinajstić information content (AvgIpc) is 2.49. The lowest BCUT2D eigenvalue weighted by molar-refractivity contribution is -0.129. The summed E-state index contributed by atoms with van der Waals surface area (Å²) >= 11 is 0. The van der Waals surface area contributed by atoms with Gasteiger partial charge in [0, 0.05) is 31.9 Å². The van der Waals surface area contributed by atoms with Gasteiger partial charge in [-0.2, -0.15) is 5.26 Å². The molecule has 0 saturated carbocycles. The molecule has 1 aliphatic heterocycles. The van der Waals surface area contributed by atoms with Gasteiger partial charge in [0.1, 0.15) is 6.07 Å². The third kappa shape index (κ3) is 5.52. The molecule has 0 radical (unpaired) electrons. The number of rotatable bonds is 1. The maximum absolute atomic E-state index is 10.7. The van der Waals surface area contributed by atoms with Gasteiger partial charge in [0.2, 0.25) is 5.91 Å². The first-order valence-corrected chi connectivity index (χ1v) is 6.78. The number of aromatic nitrogens is 1. The monoisotopic (exact) mass is 259 g/mol. The molecule has 102 valence electrons. The van der Waals surface area contributed by atoms with Crippen LogP contribution in [-0.2, 0) is 11.2 Å². The number of hydrogen-bond donors (Lipinski definition) is 0. The van der Waals surface area contributed by atoms with Crippen LogP contribution in [0, 0.1) is 11.3 Å². The molecule has 1 saturated heterocycles. The molecule has 1 aliphatic rings. The molecule has 0 N–H and O–H groups in total. The second-order valence-electron chi connectivity index (χ2n) is 4.57. The van der Waals surface area contributed by atoms with Crippen molar-refractivity contribution in [2.75, 3.05) is 13.1 Å². The first-order chi connectivity index (χ1) is 9.17. The van der Waals surface area contributed by atoms with E-state index in [1.807, 2.05) is 24.0 Å². The van der Waals surface area contributed by atoms with Crippen molar-refractivity contribution in [1.82, 2.24) is 9.88 Å². The number of hydrogen-bond acceptors (Lipinski definition) is 3. The molecule has 0 atom stereocenters. The van der Waals surface area contributed by atoms with Gasteiger partial charge in [0.25, 0.3) is 0 Å². The maximum atomic E-state index is 10.7. The molecule has 1 fully saturated rings. The maximum Gasteiger partial charge on any atom is 0.219 e. The number of amides is 1. The van der Waals surface area contributed by atoms with Crippen LogP contribution in [0.4, 0.5) is 0 Å². The number of carbonyl (C=O) groups excluding carboxylic acids is 1. The van der Waals surface area contributed by atoms with Crippen molar-refractivity contribution in [1.29, 1.82) is 5.26 Å². The summed E-state index contributed by atoms with van der Waals surface area (Å²) in [5, 5.41) is 8.41. The number of nitrogens with zero attached hydrogens (tertiary/aromatic N) is 3. The third-order valence-electron chi connectivity index (χ3n) is 3.12. The molecule has 19 heavy (non-hydrogen) atoms. The number of piperidine rings is 1. The van der Waals surface area contributed by atoms with Gasteiger partial charge in [0.05, 0.1) is 5.56 Å². The molecule has 1 aromatic heterocycles. The van der Waals surface area contributed by atoms with Gasteiger partial charge in [-0.3, -0.25) is 9.78 Å². The molecule has 0 spiro atoms. The summed E-state index contributed by atoms with van der Waals surface area (Å²) < 4.78 is 0. The molecule has 1 aromatic rings. The Morgan fingerprint density at radius 3 is 2.42 bits per heavy atom. The van der Waals surface area contributed by atoms with E-state index in [0.717, 1.165) is 25.2 Å². The predicted octanol–water partition coefficient (Wildman–Crippen LogP) is 2.53. The Hall–Kier alpha value is -1.89. The Labute approximate surface area is 115 Å². The fourth-order valence-corrected chi connectivity index (χ4v) is 1.91. The zero-order chi connectivity index (χ0) is 14.1. The number of nitriles is 1. The molecule has 0 aliphatic carbocycles. The third-order valence-corrected chi connectivity index (χ3v) is 3.12. The van der Waals surface area contributed by atoms with Crippen molar-refractivity contribution in [2.24, 2.45) is 0 Å². The second kappa shape index (κ2) is 8.25. The van der Waals surface area contributed by atoms with Gasteiger partial charge in [0.15, 0.2) is 0 Å². The van der Waals surface area contributed by atoms with Gasteiger partial charge in [-0.25, -0.2) is 0 Å². The van der Waals surface area contributed by atoms with E-state index in [-0.39, 0.29) is 5.91 Å². The fourth-order valence-electron chi connectivity index (χ4n) is 1.91. The summed E-state index contributed by atoms with van der Waals surface area (Å²) in [6.45, 7) is 5.64. The first-order valence-electron chi connectivity index (χ1n) is 6.78. The molecule has 2 rings (SSSR count). The van der Waals surface area contributed by atoms with E-state index < -0.39 is 0 Å². The Kier molecular flexibility index (Phi) is 6.59. The van der Waals surface area contributed by atoms with Crippen LogP contribution < -0.4 is 0 Å². The SMILES string of the molecule is CC(=O)N1CCCCC1.CCc1ccc(C#N)cn1. The number of pyridine rings is 1. The Bertz CT molecular complexity index is 428. The highest BCUT2D eigenvalue weighted by molar-refractivity contribution is 5.73. The van der Waals surface area contributed by atoms with Crippen molar-refractivity contribution < 1.29 is 4.79 Å². The van der Waals surface area contributed by atoms with E-state index in [9.17, 15) is 4.79 Å². The van der Waals surface area contributed by atoms with Crippen molar-refractivity contribution >= 4 is 5.91 Å². The van der Waals surface area contributed by atoms with Crippen molar-refractivity contribution in [3.8, 4) is 6.07 Å². The summed E-state index contributed by atoms with van der Waals surface area (Å²) in [6, 6.07) is 5.67.